The Kier molecular flexibility index (Phi) is 6.92. The van der Waals surface area contributed by atoms with Crippen LogP contribution in [0.15, 0.2) is 42.6 Å². The fraction of sp³-hybridized carbons (Fsp3) is 0.571. The number of urea groups is 1. The lowest BCUT2D eigenvalue weighted by atomic mass is 9.89. The lowest BCUT2D eigenvalue weighted by Gasteiger charge is -2.32. The maximum Gasteiger partial charge on any atom is 0.318 e. The minimum Gasteiger partial charge on any atom is -0.335 e. The van der Waals surface area contributed by atoms with E-state index in [2.05, 4.69) is 51.9 Å². The van der Waals surface area contributed by atoms with Crippen LogP contribution < -0.4 is 10.6 Å². The van der Waals surface area contributed by atoms with Crippen LogP contribution in [-0.2, 0) is 6.54 Å². The van der Waals surface area contributed by atoms with E-state index >= 15 is 0 Å². The minimum absolute atomic E-state index is 0.0615. The first-order chi connectivity index (χ1) is 12.3. The number of likely N-dealkylation sites (tertiary alicyclic amines) is 1. The first-order valence-electron chi connectivity index (χ1n) is 9.79. The van der Waals surface area contributed by atoms with Crippen molar-refractivity contribution in [1.82, 2.24) is 15.5 Å². The minimum atomic E-state index is -0.0615. The summed E-state index contributed by atoms with van der Waals surface area (Å²) in [4.78, 5) is 14.5. The number of nitrogens with one attached hydrogen (secondary N) is 2. The number of hydrogen-bond acceptors (Lipinski definition) is 2. The molecule has 2 fully saturated rings. The third kappa shape index (κ3) is 6.20. The first kappa shape index (κ1) is 18.0. The van der Waals surface area contributed by atoms with Crippen LogP contribution in [0, 0.1) is 5.92 Å². The number of nitrogens with zero attached hydrogens (tertiary/aromatic N) is 1. The van der Waals surface area contributed by atoms with E-state index in [0.717, 1.165) is 32.5 Å². The van der Waals surface area contributed by atoms with Crippen molar-refractivity contribution in [3.63, 3.8) is 0 Å². The van der Waals surface area contributed by atoms with Gasteiger partial charge in [-0.15, -0.1) is 0 Å². The van der Waals surface area contributed by atoms with Gasteiger partial charge in [-0.05, 0) is 37.2 Å². The van der Waals surface area contributed by atoms with Crippen LogP contribution in [0.4, 0.5) is 4.79 Å². The van der Waals surface area contributed by atoms with Crippen LogP contribution in [0.3, 0.4) is 0 Å². The average Bonchev–Trinajstić information content (AvgIpc) is 2.65. The molecule has 25 heavy (non-hydrogen) atoms. The average molecular weight is 341 g/mol. The van der Waals surface area contributed by atoms with Crippen molar-refractivity contribution < 1.29 is 4.79 Å². The molecule has 0 radical (unpaired) electrons. The van der Waals surface area contributed by atoms with E-state index in [4.69, 9.17) is 0 Å². The van der Waals surface area contributed by atoms with E-state index in [-0.39, 0.29) is 12.1 Å². The van der Waals surface area contributed by atoms with Crippen LogP contribution >= 0.6 is 0 Å². The number of carbonyl (C=O) groups is 1. The molecule has 2 amide bonds. The second-order valence-corrected chi connectivity index (χ2v) is 7.41. The molecule has 4 nitrogen and oxygen atoms in total. The Morgan fingerprint density at radius 1 is 1.04 bits per heavy atom. The molecule has 1 aromatic rings. The molecule has 1 saturated heterocycles. The van der Waals surface area contributed by atoms with E-state index < -0.39 is 0 Å². The number of carbonyl (C=O) groups excluding carboxylic acids is 1. The van der Waals surface area contributed by atoms with E-state index in [1.165, 1.54) is 37.7 Å². The second kappa shape index (κ2) is 9.62. The molecule has 2 N–H and O–H groups in total. The summed E-state index contributed by atoms with van der Waals surface area (Å²) in [5.41, 5.74) is 1.36. The smallest absolute Gasteiger partial charge is 0.318 e. The molecule has 1 saturated carbocycles. The molecule has 1 heterocycles. The van der Waals surface area contributed by atoms with Gasteiger partial charge in [0.15, 0.2) is 0 Å². The summed E-state index contributed by atoms with van der Waals surface area (Å²) in [7, 11) is 0. The second-order valence-electron chi connectivity index (χ2n) is 7.41. The third-order valence-electron chi connectivity index (χ3n) is 5.40. The molecule has 0 aromatic heterocycles. The fourth-order valence-corrected chi connectivity index (χ4v) is 3.89. The van der Waals surface area contributed by atoms with Crippen molar-refractivity contribution in [3.05, 3.63) is 48.2 Å². The van der Waals surface area contributed by atoms with Crippen LogP contribution in [-0.4, -0.2) is 30.1 Å². The Labute approximate surface area is 151 Å². The highest BCUT2D eigenvalue weighted by Gasteiger charge is 2.20. The molecule has 1 aliphatic heterocycles. The van der Waals surface area contributed by atoms with Gasteiger partial charge in [0.05, 0.1) is 0 Å². The molecule has 0 atom stereocenters. The Morgan fingerprint density at radius 2 is 1.76 bits per heavy atom. The number of piperidine rings is 1. The van der Waals surface area contributed by atoms with Gasteiger partial charge in [0.25, 0.3) is 0 Å². The predicted molar refractivity (Wildman–Crippen MR) is 102 cm³/mol. The van der Waals surface area contributed by atoms with Gasteiger partial charge < -0.3 is 10.6 Å². The number of amides is 2. The lowest BCUT2D eigenvalue weighted by Crippen LogP contribution is -2.46. The summed E-state index contributed by atoms with van der Waals surface area (Å²) >= 11 is 0. The van der Waals surface area contributed by atoms with Gasteiger partial charge in [-0.1, -0.05) is 55.7 Å². The van der Waals surface area contributed by atoms with Crippen molar-refractivity contribution in [3.8, 4) is 0 Å². The van der Waals surface area contributed by atoms with E-state index in [1.807, 2.05) is 6.20 Å². The van der Waals surface area contributed by atoms with Crippen LogP contribution in [0.2, 0.25) is 0 Å². The van der Waals surface area contributed by atoms with Crippen molar-refractivity contribution >= 4 is 6.03 Å². The molecule has 0 spiro atoms. The van der Waals surface area contributed by atoms with Crippen molar-refractivity contribution in [2.24, 2.45) is 5.92 Å². The molecule has 0 bridgehead atoms. The molecule has 1 aromatic carbocycles. The zero-order valence-corrected chi connectivity index (χ0v) is 15.1. The summed E-state index contributed by atoms with van der Waals surface area (Å²) in [5, 5.41) is 6.00. The van der Waals surface area contributed by atoms with Gasteiger partial charge in [-0.25, -0.2) is 4.79 Å². The van der Waals surface area contributed by atoms with Gasteiger partial charge in [-0.3, -0.25) is 4.90 Å². The highest BCUT2D eigenvalue weighted by Crippen LogP contribution is 2.24. The summed E-state index contributed by atoms with van der Waals surface area (Å²) in [6.45, 7) is 3.08. The normalized spacial score (nSPS) is 20.6. The fourth-order valence-electron chi connectivity index (χ4n) is 3.89. The molecule has 3 rings (SSSR count). The van der Waals surface area contributed by atoms with E-state index in [1.54, 1.807) is 0 Å². The van der Waals surface area contributed by atoms with Crippen molar-refractivity contribution in [1.29, 1.82) is 0 Å². The van der Waals surface area contributed by atoms with Gasteiger partial charge >= 0.3 is 6.03 Å². The molecule has 1 aliphatic carbocycles. The zero-order valence-electron chi connectivity index (χ0n) is 15.1. The highest BCUT2D eigenvalue weighted by molar-refractivity contribution is 5.75. The summed E-state index contributed by atoms with van der Waals surface area (Å²) in [6.07, 6.45) is 12.6. The molecular formula is C21H31N3O. The number of allylic oxidation sites excluding steroid dienone is 1. The maximum absolute atomic E-state index is 12.0. The van der Waals surface area contributed by atoms with Gasteiger partial charge in [0.2, 0.25) is 0 Å². The SMILES string of the molecule is O=C(N/C=C/C1CCCCC1)NC1CCN(Cc2ccccc2)CC1. The molecule has 0 unspecified atom stereocenters. The van der Waals surface area contributed by atoms with Gasteiger partial charge in [-0.2, -0.15) is 0 Å². The van der Waals surface area contributed by atoms with Gasteiger partial charge in [0.1, 0.15) is 0 Å². The summed E-state index contributed by atoms with van der Waals surface area (Å²) in [6, 6.07) is 10.8. The van der Waals surface area contributed by atoms with Crippen LogP contribution in [0.25, 0.3) is 0 Å². The van der Waals surface area contributed by atoms with E-state index in [9.17, 15) is 4.79 Å². The monoisotopic (exact) mass is 341 g/mol. The standard InChI is InChI=1S/C21H31N3O/c25-21(22-14-11-18-7-3-1-4-8-18)23-20-12-15-24(16-13-20)17-19-9-5-2-6-10-19/h2,5-6,9-11,14,18,20H,1,3-4,7-8,12-13,15-17H2,(H2,22,23,25)/b14-11+. The summed E-state index contributed by atoms with van der Waals surface area (Å²) < 4.78 is 0. The Hall–Kier alpha value is -1.81. The number of benzene rings is 1. The van der Waals surface area contributed by atoms with E-state index in [0.29, 0.717) is 5.92 Å². The van der Waals surface area contributed by atoms with Gasteiger partial charge in [0, 0.05) is 31.9 Å². The molecule has 136 valence electrons. The summed E-state index contributed by atoms with van der Waals surface area (Å²) in [5.74, 6) is 0.648. The van der Waals surface area contributed by atoms with Crippen LogP contribution in [0.5, 0.6) is 0 Å². The third-order valence-corrected chi connectivity index (χ3v) is 5.40. The number of hydrogen-bond donors (Lipinski definition) is 2. The Bertz CT molecular complexity index is 544. The molecule has 2 aliphatic rings. The first-order valence-corrected chi connectivity index (χ1v) is 9.79. The topological polar surface area (TPSA) is 44.4 Å². The van der Waals surface area contributed by atoms with Crippen molar-refractivity contribution in [2.75, 3.05) is 13.1 Å². The zero-order chi connectivity index (χ0) is 17.3. The Balaban J connectivity index is 1.32. The molecular weight excluding hydrogens is 310 g/mol. The highest BCUT2D eigenvalue weighted by atomic mass is 16.2. The lowest BCUT2D eigenvalue weighted by molar-refractivity contribution is 0.187. The quantitative estimate of drug-likeness (QED) is 0.849. The molecule has 4 heteroatoms. The van der Waals surface area contributed by atoms with Crippen molar-refractivity contribution in [2.45, 2.75) is 57.5 Å². The van der Waals surface area contributed by atoms with Crippen LogP contribution in [0.1, 0.15) is 50.5 Å². The predicted octanol–water partition coefficient (Wildman–Crippen LogP) is 4.04. The number of rotatable bonds is 5. The Morgan fingerprint density at radius 3 is 2.48 bits per heavy atom. The largest absolute Gasteiger partial charge is 0.335 e. The maximum atomic E-state index is 12.0.